The van der Waals surface area contributed by atoms with Gasteiger partial charge >= 0.3 is 11.9 Å². The predicted octanol–water partition coefficient (Wildman–Crippen LogP) is 8.00. The van der Waals surface area contributed by atoms with Crippen LogP contribution >= 0.6 is 0 Å². The Morgan fingerprint density at radius 3 is 1.28 bits per heavy atom. The van der Waals surface area contributed by atoms with Gasteiger partial charge in [0, 0.05) is 25.0 Å². The Balaban J connectivity index is 0.000000320. The topological polar surface area (TPSA) is 52.6 Å². The van der Waals surface area contributed by atoms with Crippen molar-refractivity contribution in [2.75, 3.05) is 0 Å². The van der Waals surface area contributed by atoms with E-state index in [2.05, 4.69) is 13.8 Å². The second kappa shape index (κ2) is 20.1. The van der Waals surface area contributed by atoms with Crippen LogP contribution in [0, 0.1) is 0 Å². The Morgan fingerprint density at radius 2 is 0.938 bits per heavy atom. The van der Waals surface area contributed by atoms with Crippen LogP contribution in [0.5, 0.6) is 0 Å². The molecule has 0 spiro atoms. The number of unbranched alkanes of at least 4 members (excludes halogenated alkanes) is 12. The summed E-state index contributed by atoms with van der Waals surface area (Å²) < 4.78 is 10.4. The summed E-state index contributed by atoms with van der Waals surface area (Å²) in [4.78, 5) is 21.9. The van der Waals surface area contributed by atoms with Crippen LogP contribution in [0.15, 0.2) is 24.3 Å². The number of hydrogen-bond donors (Lipinski definition) is 0. The van der Waals surface area contributed by atoms with Gasteiger partial charge in [0.05, 0.1) is 0 Å². The Morgan fingerprint density at radius 1 is 0.594 bits per heavy atom. The highest BCUT2D eigenvalue weighted by Crippen LogP contribution is 2.17. The Bertz CT molecular complexity index is 490. The third-order valence-electron chi connectivity index (χ3n) is 6.13. The Kier molecular flexibility index (Phi) is 17.8. The monoisotopic (exact) mass is 448 g/mol. The predicted molar refractivity (Wildman–Crippen MR) is 132 cm³/mol. The minimum atomic E-state index is -0.167. The number of esters is 2. The number of carbonyl (C=O) groups excluding carboxylic acids is 2. The second-order valence-electron chi connectivity index (χ2n) is 9.21. The average Bonchev–Trinajstić information content (AvgIpc) is 2.78. The average molecular weight is 449 g/mol. The van der Waals surface area contributed by atoms with Gasteiger partial charge in [0.25, 0.3) is 0 Å². The van der Waals surface area contributed by atoms with E-state index >= 15 is 0 Å². The summed E-state index contributed by atoms with van der Waals surface area (Å²) in [5.74, 6) is -0.335. The van der Waals surface area contributed by atoms with E-state index in [1.54, 1.807) is 0 Å². The molecule has 0 bridgehead atoms. The van der Waals surface area contributed by atoms with Crippen molar-refractivity contribution in [1.29, 1.82) is 0 Å². The van der Waals surface area contributed by atoms with Crippen molar-refractivity contribution in [3.63, 3.8) is 0 Å². The van der Waals surface area contributed by atoms with Gasteiger partial charge in [0.2, 0.25) is 0 Å². The molecule has 0 aromatic heterocycles. The lowest BCUT2D eigenvalue weighted by molar-refractivity contribution is -0.145. The third-order valence-corrected chi connectivity index (χ3v) is 6.13. The maximum atomic E-state index is 11.0. The quantitative estimate of drug-likeness (QED) is 0.177. The minimum Gasteiger partial charge on any atom is -0.459 e. The fraction of sp³-hybridized carbons (Fsp3) is 0.786. The molecule has 0 aromatic rings. The van der Waals surface area contributed by atoms with Crippen LogP contribution in [0.4, 0.5) is 0 Å². The largest absolute Gasteiger partial charge is 0.459 e. The molecule has 32 heavy (non-hydrogen) atoms. The molecular weight excluding hydrogens is 400 g/mol. The van der Waals surface area contributed by atoms with E-state index in [4.69, 9.17) is 9.47 Å². The first kappa shape index (κ1) is 28.5. The number of ether oxygens (including phenoxy) is 2. The molecule has 0 aromatic carbocycles. The fourth-order valence-electron chi connectivity index (χ4n) is 4.15. The Labute approximate surface area is 197 Å². The van der Waals surface area contributed by atoms with Crippen LogP contribution in [0.2, 0.25) is 0 Å². The van der Waals surface area contributed by atoms with Crippen LogP contribution in [0.25, 0.3) is 0 Å². The molecule has 0 aliphatic carbocycles. The van der Waals surface area contributed by atoms with Crippen molar-refractivity contribution in [1.82, 2.24) is 0 Å². The molecule has 2 unspecified atom stereocenters. The van der Waals surface area contributed by atoms with Gasteiger partial charge < -0.3 is 9.47 Å². The zero-order valence-electron chi connectivity index (χ0n) is 20.8. The first-order valence-electron chi connectivity index (χ1n) is 13.4. The summed E-state index contributed by atoms with van der Waals surface area (Å²) in [6.07, 6.45) is 29.5. The van der Waals surface area contributed by atoms with Gasteiger partial charge in [-0.3, -0.25) is 0 Å². The maximum Gasteiger partial charge on any atom is 0.330 e. The van der Waals surface area contributed by atoms with E-state index in [-0.39, 0.29) is 24.1 Å². The molecule has 0 saturated carbocycles. The highest BCUT2D eigenvalue weighted by Gasteiger charge is 2.15. The van der Waals surface area contributed by atoms with Crippen LogP contribution in [-0.4, -0.2) is 24.1 Å². The lowest BCUT2D eigenvalue weighted by Crippen LogP contribution is -2.19. The molecule has 4 nitrogen and oxygen atoms in total. The number of cyclic esters (lactones) is 2. The van der Waals surface area contributed by atoms with E-state index in [1.807, 2.05) is 12.2 Å². The molecule has 0 N–H and O–H groups in total. The molecule has 4 heteroatoms. The van der Waals surface area contributed by atoms with E-state index in [9.17, 15) is 9.59 Å². The summed E-state index contributed by atoms with van der Waals surface area (Å²) >= 11 is 0. The zero-order chi connectivity index (χ0) is 23.3. The van der Waals surface area contributed by atoms with Crippen molar-refractivity contribution >= 4 is 11.9 Å². The van der Waals surface area contributed by atoms with Gasteiger partial charge in [-0.05, 0) is 25.7 Å². The molecule has 0 amide bonds. The first-order valence-corrected chi connectivity index (χ1v) is 13.4. The smallest absolute Gasteiger partial charge is 0.330 e. The molecule has 0 radical (unpaired) electrons. The van der Waals surface area contributed by atoms with E-state index in [1.165, 1.54) is 102 Å². The molecule has 2 aliphatic heterocycles. The lowest BCUT2D eigenvalue weighted by atomic mass is 10.0. The number of rotatable bonds is 16. The SMILES string of the molecule is CCCCCCCCCC1CC=CC(=O)O1.CCCCCCCCCC1CC=CC(=O)O1. The van der Waals surface area contributed by atoms with Gasteiger partial charge in [-0.15, -0.1) is 0 Å². The zero-order valence-corrected chi connectivity index (χ0v) is 20.8. The van der Waals surface area contributed by atoms with Crippen LogP contribution in [-0.2, 0) is 19.1 Å². The van der Waals surface area contributed by atoms with E-state index in [0.717, 1.165) is 25.7 Å². The highest BCUT2D eigenvalue weighted by atomic mass is 16.5. The van der Waals surface area contributed by atoms with Crippen LogP contribution in [0.1, 0.15) is 129 Å². The van der Waals surface area contributed by atoms with E-state index < -0.39 is 0 Å². The van der Waals surface area contributed by atoms with E-state index in [0.29, 0.717) is 0 Å². The van der Waals surface area contributed by atoms with Gasteiger partial charge in [-0.2, -0.15) is 0 Å². The molecule has 0 fully saturated rings. The van der Waals surface area contributed by atoms with Gasteiger partial charge in [0.1, 0.15) is 12.2 Å². The third kappa shape index (κ3) is 16.1. The summed E-state index contributed by atoms with van der Waals surface area (Å²) in [6.45, 7) is 4.48. The van der Waals surface area contributed by atoms with Crippen LogP contribution < -0.4 is 0 Å². The Hall–Kier alpha value is -1.58. The van der Waals surface area contributed by atoms with Gasteiger partial charge in [-0.25, -0.2) is 9.59 Å². The second-order valence-corrected chi connectivity index (χ2v) is 9.21. The van der Waals surface area contributed by atoms with Crippen LogP contribution in [0.3, 0.4) is 0 Å². The molecule has 2 rings (SSSR count). The number of hydrogen-bond acceptors (Lipinski definition) is 4. The summed E-state index contributed by atoms with van der Waals surface area (Å²) in [5, 5.41) is 0. The molecule has 2 atom stereocenters. The van der Waals surface area contributed by atoms with Crippen molar-refractivity contribution < 1.29 is 19.1 Å². The van der Waals surface area contributed by atoms with Crippen molar-refractivity contribution in [2.45, 2.75) is 142 Å². The minimum absolute atomic E-state index is 0.146. The fourth-order valence-corrected chi connectivity index (χ4v) is 4.15. The lowest BCUT2D eigenvalue weighted by Gasteiger charge is -2.18. The summed E-state index contributed by atoms with van der Waals surface area (Å²) in [7, 11) is 0. The highest BCUT2D eigenvalue weighted by molar-refractivity contribution is 5.83. The summed E-state index contributed by atoms with van der Waals surface area (Å²) in [5.41, 5.74) is 0. The molecule has 184 valence electrons. The number of carbonyl (C=O) groups is 2. The molecule has 2 heterocycles. The first-order chi connectivity index (χ1) is 15.7. The maximum absolute atomic E-state index is 11.0. The van der Waals surface area contributed by atoms with Gasteiger partial charge in [-0.1, -0.05) is 103 Å². The standard InChI is InChI=1S/2C14H24O2/c2*1-2-3-4-5-6-7-8-10-13-11-9-12-14(15)16-13/h2*9,12-13H,2-8,10-11H2,1H3. The molecule has 2 aliphatic rings. The molecule has 0 saturated heterocycles. The summed E-state index contributed by atoms with van der Waals surface area (Å²) in [6, 6.07) is 0. The van der Waals surface area contributed by atoms with Crippen molar-refractivity contribution in [3.8, 4) is 0 Å². The van der Waals surface area contributed by atoms with Crippen molar-refractivity contribution in [2.24, 2.45) is 0 Å². The molecular formula is C28H48O4. The van der Waals surface area contributed by atoms with Crippen molar-refractivity contribution in [3.05, 3.63) is 24.3 Å². The normalized spacial score (nSPS) is 19.8. The van der Waals surface area contributed by atoms with Gasteiger partial charge in [0.15, 0.2) is 0 Å².